The van der Waals surface area contributed by atoms with Crippen LogP contribution in [0.2, 0.25) is 5.02 Å². The van der Waals surface area contributed by atoms with Crippen LogP contribution in [0.4, 0.5) is 0 Å². The minimum absolute atomic E-state index is 0.0596. The van der Waals surface area contributed by atoms with Gasteiger partial charge in [-0.2, -0.15) is 0 Å². The summed E-state index contributed by atoms with van der Waals surface area (Å²) in [4.78, 5) is 19.0. The van der Waals surface area contributed by atoms with E-state index >= 15 is 0 Å². The summed E-state index contributed by atoms with van der Waals surface area (Å²) in [6, 6.07) is 7.04. The molecule has 1 saturated heterocycles. The van der Waals surface area contributed by atoms with E-state index in [1.807, 2.05) is 13.8 Å². The average Bonchev–Trinajstić information content (AvgIpc) is 2.91. The van der Waals surface area contributed by atoms with Gasteiger partial charge in [0.1, 0.15) is 5.76 Å². The number of oxazole rings is 1. The summed E-state index contributed by atoms with van der Waals surface area (Å²) in [5.41, 5.74) is 1.58. The Bertz CT molecular complexity index is 717. The zero-order valence-electron chi connectivity index (χ0n) is 14.7. The topological polar surface area (TPSA) is 58.4 Å². The number of aromatic nitrogens is 1. The number of rotatable bonds is 5. The zero-order chi connectivity index (χ0) is 17.8. The van der Waals surface area contributed by atoms with Crippen molar-refractivity contribution < 1.29 is 9.21 Å². The molecular weight excluding hydrogens is 338 g/mol. The summed E-state index contributed by atoms with van der Waals surface area (Å²) in [5, 5.41) is 3.61. The van der Waals surface area contributed by atoms with Gasteiger partial charge in [-0.05, 0) is 63.9 Å². The lowest BCUT2D eigenvalue weighted by Crippen LogP contribution is -2.38. The molecule has 6 heteroatoms. The van der Waals surface area contributed by atoms with Crippen molar-refractivity contribution in [2.45, 2.75) is 33.2 Å². The van der Waals surface area contributed by atoms with Crippen LogP contribution in [0.5, 0.6) is 0 Å². The van der Waals surface area contributed by atoms with Gasteiger partial charge >= 0.3 is 0 Å². The van der Waals surface area contributed by atoms with Gasteiger partial charge in [-0.15, -0.1) is 0 Å². The monoisotopic (exact) mass is 361 g/mol. The van der Waals surface area contributed by atoms with E-state index in [4.69, 9.17) is 16.0 Å². The third kappa shape index (κ3) is 4.83. The number of piperidine rings is 1. The Labute approximate surface area is 153 Å². The molecule has 134 valence electrons. The Morgan fingerprint density at radius 3 is 2.76 bits per heavy atom. The van der Waals surface area contributed by atoms with Crippen molar-refractivity contribution >= 4 is 17.5 Å². The number of nitrogens with one attached hydrogen (secondary N) is 1. The van der Waals surface area contributed by atoms with Crippen molar-refractivity contribution in [1.29, 1.82) is 0 Å². The van der Waals surface area contributed by atoms with Crippen LogP contribution in [0.15, 0.2) is 28.7 Å². The number of hydrogen-bond donors (Lipinski definition) is 1. The number of hydrogen-bond acceptors (Lipinski definition) is 4. The van der Waals surface area contributed by atoms with E-state index < -0.39 is 0 Å². The first-order valence-electron chi connectivity index (χ1n) is 8.70. The van der Waals surface area contributed by atoms with Gasteiger partial charge in [-0.25, -0.2) is 4.98 Å². The maximum Gasteiger partial charge on any atom is 0.251 e. The molecule has 1 aromatic carbocycles. The van der Waals surface area contributed by atoms with Crippen molar-refractivity contribution in [3.8, 4) is 0 Å². The highest BCUT2D eigenvalue weighted by Crippen LogP contribution is 2.19. The molecule has 25 heavy (non-hydrogen) atoms. The first-order valence-corrected chi connectivity index (χ1v) is 9.08. The molecule has 1 aliphatic heterocycles. The fourth-order valence-electron chi connectivity index (χ4n) is 3.12. The number of nitrogens with zero attached hydrogens (tertiary/aromatic N) is 2. The van der Waals surface area contributed by atoms with Crippen molar-refractivity contribution in [3.05, 3.63) is 52.2 Å². The van der Waals surface area contributed by atoms with Gasteiger partial charge in [-0.3, -0.25) is 9.69 Å². The molecule has 0 atom stereocenters. The molecule has 1 aliphatic rings. The lowest BCUT2D eigenvalue weighted by Gasteiger charge is -2.31. The summed E-state index contributed by atoms with van der Waals surface area (Å²) in [6.45, 7) is 7.38. The summed E-state index contributed by atoms with van der Waals surface area (Å²) >= 11 is 5.93. The van der Waals surface area contributed by atoms with Crippen molar-refractivity contribution in [3.63, 3.8) is 0 Å². The largest absolute Gasteiger partial charge is 0.444 e. The second kappa shape index (κ2) is 8.02. The predicted octanol–water partition coefficient (Wildman–Crippen LogP) is 3.59. The van der Waals surface area contributed by atoms with E-state index in [-0.39, 0.29) is 5.91 Å². The molecule has 0 unspecified atom stereocenters. The molecule has 1 fully saturated rings. The quantitative estimate of drug-likeness (QED) is 0.884. The van der Waals surface area contributed by atoms with Gasteiger partial charge in [-0.1, -0.05) is 17.7 Å². The van der Waals surface area contributed by atoms with Crippen molar-refractivity contribution in [1.82, 2.24) is 15.2 Å². The van der Waals surface area contributed by atoms with E-state index in [1.54, 1.807) is 24.3 Å². The number of amides is 1. The molecular formula is C19H24ClN3O2. The Kier molecular flexibility index (Phi) is 5.76. The maximum absolute atomic E-state index is 12.2. The van der Waals surface area contributed by atoms with Crippen LogP contribution in [0.1, 0.15) is 40.5 Å². The molecule has 0 aliphatic carbocycles. The molecule has 1 aromatic heterocycles. The van der Waals surface area contributed by atoms with Crippen LogP contribution in [0, 0.1) is 19.8 Å². The second-order valence-corrected chi connectivity index (χ2v) is 7.13. The van der Waals surface area contributed by atoms with Crippen LogP contribution in [0.25, 0.3) is 0 Å². The number of carbonyl (C=O) groups is 1. The van der Waals surface area contributed by atoms with E-state index in [2.05, 4.69) is 15.2 Å². The first-order chi connectivity index (χ1) is 12.0. The number of halogens is 1. The van der Waals surface area contributed by atoms with Gasteiger partial charge in [0.2, 0.25) is 5.89 Å². The summed E-state index contributed by atoms with van der Waals surface area (Å²) in [5.74, 6) is 2.14. The van der Waals surface area contributed by atoms with Gasteiger partial charge in [0.15, 0.2) is 0 Å². The summed E-state index contributed by atoms with van der Waals surface area (Å²) in [7, 11) is 0. The molecule has 0 radical (unpaired) electrons. The number of aryl methyl sites for hydroxylation is 2. The molecule has 1 amide bonds. The average molecular weight is 362 g/mol. The Morgan fingerprint density at radius 2 is 2.12 bits per heavy atom. The fourth-order valence-corrected chi connectivity index (χ4v) is 3.31. The van der Waals surface area contributed by atoms with Gasteiger partial charge in [0.25, 0.3) is 5.91 Å². The van der Waals surface area contributed by atoms with Crippen LogP contribution in [-0.2, 0) is 6.54 Å². The minimum atomic E-state index is -0.0596. The number of carbonyl (C=O) groups excluding carboxylic acids is 1. The van der Waals surface area contributed by atoms with Gasteiger partial charge < -0.3 is 9.73 Å². The highest BCUT2D eigenvalue weighted by molar-refractivity contribution is 6.30. The van der Waals surface area contributed by atoms with E-state index in [9.17, 15) is 4.79 Å². The van der Waals surface area contributed by atoms with E-state index in [0.29, 0.717) is 23.0 Å². The maximum atomic E-state index is 12.2. The Balaban J connectivity index is 1.42. The van der Waals surface area contributed by atoms with Crippen LogP contribution in [0.3, 0.4) is 0 Å². The van der Waals surface area contributed by atoms with Crippen molar-refractivity contribution in [2.75, 3.05) is 19.6 Å². The molecule has 5 nitrogen and oxygen atoms in total. The molecule has 0 saturated carbocycles. The predicted molar refractivity (Wildman–Crippen MR) is 97.8 cm³/mol. The Morgan fingerprint density at radius 1 is 1.36 bits per heavy atom. The molecule has 2 heterocycles. The number of likely N-dealkylation sites (tertiary alicyclic amines) is 1. The minimum Gasteiger partial charge on any atom is -0.444 e. The second-order valence-electron chi connectivity index (χ2n) is 6.69. The van der Waals surface area contributed by atoms with Gasteiger partial charge in [0, 0.05) is 17.1 Å². The first kappa shape index (κ1) is 18.0. The smallest absolute Gasteiger partial charge is 0.251 e. The molecule has 2 aromatic rings. The van der Waals surface area contributed by atoms with Crippen LogP contribution >= 0.6 is 11.6 Å². The lowest BCUT2D eigenvalue weighted by molar-refractivity contribution is 0.0934. The molecule has 3 rings (SSSR count). The standard InChI is InChI=1S/C19H24ClN3O2/c1-13-14(2)25-18(22-13)12-23-8-6-15(7-9-23)11-21-19(24)16-4-3-5-17(20)10-16/h3-5,10,15H,6-9,11-12H2,1-2H3,(H,21,24). The SMILES string of the molecule is Cc1nc(CN2CCC(CNC(=O)c3cccc(Cl)c3)CC2)oc1C. The van der Waals surface area contributed by atoms with E-state index in [1.165, 1.54) is 0 Å². The van der Waals surface area contributed by atoms with Crippen molar-refractivity contribution in [2.24, 2.45) is 5.92 Å². The molecule has 0 spiro atoms. The Hall–Kier alpha value is -1.85. The van der Waals surface area contributed by atoms with E-state index in [0.717, 1.165) is 49.8 Å². The third-order valence-electron chi connectivity index (χ3n) is 4.78. The van der Waals surface area contributed by atoms with Gasteiger partial charge in [0.05, 0.1) is 12.2 Å². The van der Waals surface area contributed by atoms with Crippen LogP contribution < -0.4 is 5.32 Å². The summed E-state index contributed by atoms with van der Waals surface area (Å²) in [6.07, 6.45) is 2.13. The zero-order valence-corrected chi connectivity index (χ0v) is 15.5. The highest BCUT2D eigenvalue weighted by atomic mass is 35.5. The molecule has 0 bridgehead atoms. The number of benzene rings is 1. The third-order valence-corrected chi connectivity index (χ3v) is 5.01. The normalized spacial score (nSPS) is 16.1. The highest BCUT2D eigenvalue weighted by Gasteiger charge is 2.21. The fraction of sp³-hybridized carbons (Fsp3) is 0.474. The summed E-state index contributed by atoms with van der Waals surface area (Å²) < 4.78 is 5.66. The van der Waals surface area contributed by atoms with Crippen LogP contribution in [-0.4, -0.2) is 35.4 Å². The lowest BCUT2D eigenvalue weighted by atomic mass is 9.96. The molecule has 1 N–H and O–H groups in total.